The van der Waals surface area contributed by atoms with Gasteiger partial charge in [0, 0.05) is 26.2 Å². The lowest BCUT2D eigenvalue weighted by Gasteiger charge is -2.34. The van der Waals surface area contributed by atoms with Gasteiger partial charge in [-0.05, 0) is 56.6 Å². The number of likely N-dealkylation sites (N-methyl/N-ethyl adjacent to an activating group) is 1. The summed E-state index contributed by atoms with van der Waals surface area (Å²) in [6.07, 6.45) is 0.293. The van der Waals surface area contributed by atoms with Gasteiger partial charge >= 0.3 is 0 Å². The third-order valence-corrected chi connectivity index (χ3v) is 6.92. The minimum Gasteiger partial charge on any atom is -0.494 e. The molecule has 1 amide bonds. The summed E-state index contributed by atoms with van der Waals surface area (Å²) in [5.74, 6) is 0.457. The Labute approximate surface area is 185 Å². The number of hydrogen-bond donors (Lipinski definition) is 1. The van der Waals surface area contributed by atoms with Crippen LogP contribution in [0.3, 0.4) is 0 Å². The number of carbonyl (C=O) groups excluding carboxylic acids is 1. The van der Waals surface area contributed by atoms with E-state index in [4.69, 9.17) is 4.74 Å². The van der Waals surface area contributed by atoms with Crippen molar-refractivity contribution in [3.05, 3.63) is 59.7 Å². The molecule has 7 nitrogen and oxygen atoms in total. The van der Waals surface area contributed by atoms with Crippen molar-refractivity contribution in [3.8, 4) is 5.75 Å². The summed E-state index contributed by atoms with van der Waals surface area (Å²) in [6, 6.07) is 13.3. The monoisotopic (exact) mass is 445 g/mol. The van der Waals surface area contributed by atoms with Crippen LogP contribution in [0.4, 0.5) is 0 Å². The lowest BCUT2D eigenvalue weighted by molar-refractivity contribution is -0.134. The topological polar surface area (TPSA) is 78.9 Å². The van der Waals surface area contributed by atoms with Crippen LogP contribution in [-0.2, 0) is 21.2 Å². The maximum absolute atomic E-state index is 13.3. The molecule has 0 radical (unpaired) electrons. The fourth-order valence-electron chi connectivity index (χ4n) is 3.64. The highest BCUT2D eigenvalue weighted by Crippen LogP contribution is 2.22. The smallest absolute Gasteiger partial charge is 0.241 e. The fourth-order valence-corrected chi connectivity index (χ4v) is 4.91. The standard InChI is InChI=1S/C23H31N3O4S/c1-4-30-22-11-10-20(16-18(22)2)31(28,29)24-21(17-19-8-6-5-7-9-19)23(27)26-14-12-25(3)13-15-26/h5-11,16,21,24H,4,12-15,17H2,1-3H3. The van der Waals surface area contributed by atoms with Crippen LogP contribution in [-0.4, -0.2) is 70.0 Å². The second-order valence-electron chi connectivity index (χ2n) is 7.85. The number of sulfonamides is 1. The number of hydrogen-bond acceptors (Lipinski definition) is 5. The molecule has 1 unspecified atom stereocenters. The molecule has 31 heavy (non-hydrogen) atoms. The first-order valence-electron chi connectivity index (χ1n) is 10.6. The van der Waals surface area contributed by atoms with Crippen molar-refractivity contribution in [1.29, 1.82) is 0 Å². The molecule has 8 heteroatoms. The molecule has 0 aromatic heterocycles. The summed E-state index contributed by atoms with van der Waals surface area (Å²) < 4.78 is 34.5. The Hall–Kier alpha value is -2.42. The zero-order valence-corrected chi connectivity index (χ0v) is 19.2. The van der Waals surface area contributed by atoms with Crippen LogP contribution in [0.2, 0.25) is 0 Å². The SMILES string of the molecule is CCOc1ccc(S(=O)(=O)NC(Cc2ccccc2)C(=O)N2CCN(C)CC2)cc1C. The number of carbonyl (C=O) groups is 1. The molecular weight excluding hydrogens is 414 g/mol. The van der Waals surface area contributed by atoms with Gasteiger partial charge in [0.25, 0.3) is 0 Å². The predicted molar refractivity (Wildman–Crippen MR) is 121 cm³/mol. The van der Waals surface area contributed by atoms with Gasteiger partial charge in [0.05, 0.1) is 11.5 Å². The molecule has 0 saturated carbocycles. The van der Waals surface area contributed by atoms with Gasteiger partial charge in [-0.2, -0.15) is 4.72 Å². The van der Waals surface area contributed by atoms with Crippen molar-refractivity contribution in [2.75, 3.05) is 39.8 Å². The van der Waals surface area contributed by atoms with Crippen LogP contribution in [0.15, 0.2) is 53.4 Å². The van der Waals surface area contributed by atoms with E-state index in [0.29, 0.717) is 31.9 Å². The van der Waals surface area contributed by atoms with E-state index >= 15 is 0 Å². The lowest BCUT2D eigenvalue weighted by Crippen LogP contribution is -2.54. The second-order valence-corrected chi connectivity index (χ2v) is 9.57. The highest BCUT2D eigenvalue weighted by Gasteiger charge is 2.31. The number of aryl methyl sites for hydroxylation is 1. The van der Waals surface area contributed by atoms with Crippen LogP contribution in [0.25, 0.3) is 0 Å². The molecular formula is C23H31N3O4S. The normalized spacial score (nSPS) is 16.2. The van der Waals surface area contributed by atoms with E-state index in [2.05, 4.69) is 9.62 Å². The molecule has 3 rings (SSSR count). The maximum Gasteiger partial charge on any atom is 0.241 e. The fraction of sp³-hybridized carbons (Fsp3) is 0.435. The molecule has 0 spiro atoms. The van der Waals surface area contributed by atoms with Gasteiger partial charge in [-0.1, -0.05) is 30.3 Å². The molecule has 1 fully saturated rings. The predicted octanol–water partition coefficient (Wildman–Crippen LogP) is 2.06. The van der Waals surface area contributed by atoms with E-state index < -0.39 is 16.1 Å². The van der Waals surface area contributed by atoms with Crippen LogP contribution < -0.4 is 9.46 Å². The molecule has 1 saturated heterocycles. The third kappa shape index (κ3) is 6.06. The first-order chi connectivity index (χ1) is 14.8. The van der Waals surface area contributed by atoms with Crippen LogP contribution in [0.1, 0.15) is 18.1 Å². The summed E-state index contributed by atoms with van der Waals surface area (Å²) in [4.78, 5) is 17.3. The number of benzene rings is 2. The van der Waals surface area contributed by atoms with E-state index in [1.807, 2.05) is 44.3 Å². The first kappa shape index (κ1) is 23.2. The summed E-state index contributed by atoms with van der Waals surface area (Å²) in [5, 5.41) is 0. The Balaban J connectivity index is 1.84. The highest BCUT2D eigenvalue weighted by molar-refractivity contribution is 7.89. The number of ether oxygens (including phenoxy) is 1. The van der Waals surface area contributed by atoms with E-state index in [0.717, 1.165) is 24.2 Å². The minimum atomic E-state index is -3.89. The minimum absolute atomic E-state index is 0.123. The van der Waals surface area contributed by atoms with E-state index in [1.165, 1.54) is 6.07 Å². The van der Waals surface area contributed by atoms with Crippen molar-refractivity contribution in [1.82, 2.24) is 14.5 Å². The zero-order chi connectivity index (χ0) is 22.4. The van der Waals surface area contributed by atoms with E-state index in [1.54, 1.807) is 24.0 Å². The van der Waals surface area contributed by atoms with Gasteiger partial charge in [0.1, 0.15) is 11.8 Å². The molecule has 1 aliphatic heterocycles. The Kier molecular flexibility index (Phi) is 7.69. The number of nitrogens with one attached hydrogen (secondary N) is 1. The molecule has 2 aromatic rings. The zero-order valence-electron chi connectivity index (χ0n) is 18.4. The van der Waals surface area contributed by atoms with Crippen LogP contribution in [0, 0.1) is 6.92 Å². The van der Waals surface area contributed by atoms with Crippen molar-refractivity contribution >= 4 is 15.9 Å². The number of rotatable bonds is 8. The molecule has 0 aliphatic carbocycles. The van der Waals surface area contributed by atoms with Crippen molar-refractivity contribution in [3.63, 3.8) is 0 Å². The van der Waals surface area contributed by atoms with Crippen LogP contribution in [0.5, 0.6) is 5.75 Å². The number of amides is 1. The maximum atomic E-state index is 13.3. The van der Waals surface area contributed by atoms with Crippen LogP contribution >= 0.6 is 0 Å². The summed E-state index contributed by atoms with van der Waals surface area (Å²) >= 11 is 0. The van der Waals surface area contributed by atoms with Crippen molar-refractivity contribution in [2.45, 2.75) is 31.2 Å². The van der Waals surface area contributed by atoms with Crippen molar-refractivity contribution < 1.29 is 17.9 Å². The average molecular weight is 446 g/mol. The Morgan fingerprint density at radius 2 is 1.77 bits per heavy atom. The lowest BCUT2D eigenvalue weighted by atomic mass is 10.1. The summed E-state index contributed by atoms with van der Waals surface area (Å²) in [7, 11) is -1.88. The molecule has 0 bridgehead atoms. The average Bonchev–Trinajstić information content (AvgIpc) is 2.75. The van der Waals surface area contributed by atoms with Gasteiger partial charge in [0.15, 0.2) is 0 Å². The van der Waals surface area contributed by atoms with Gasteiger partial charge in [-0.25, -0.2) is 8.42 Å². The third-order valence-electron chi connectivity index (χ3n) is 5.45. The first-order valence-corrected chi connectivity index (χ1v) is 12.1. The summed E-state index contributed by atoms with van der Waals surface area (Å²) in [6.45, 7) is 6.91. The van der Waals surface area contributed by atoms with E-state index in [-0.39, 0.29) is 10.8 Å². The molecule has 1 heterocycles. The quantitative estimate of drug-likeness (QED) is 0.673. The van der Waals surface area contributed by atoms with Gasteiger partial charge < -0.3 is 14.5 Å². The van der Waals surface area contributed by atoms with Crippen molar-refractivity contribution in [2.24, 2.45) is 0 Å². The number of nitrogens with zero attached hydrogens (tertiary/aromatic N) is 2. The molecule has 168 valence electrons. The Morgan fingerprint density at radius 1 is 1.10 bits per heavy atom. The molecule has 1 aliphatic rings. The molecule has 2 aromatic carbocycles. The van der Waals surface area contributed by atoms with Gasteiger partial charge in [-0.3, -0.25) is 4.79 Å². The van der Waals surface area contributed by atoms with E-state index in [9.17, 15) is 13.2 Å². The highest BCUT2D eigenvalue weighted by atomic mass is 32.2. The van der Waals surface area contributed by atoms with Gasteiger partial charge in [0.2, 0.25) is 15.9 Å². The van der Waals surface area contributed by atoms with Gasteiger partial charge in [-0.15, -0.1) is 0 Å². The Morgan fingerprint density at radius 3 is 2.39 bits per heavy atom. The number of piperazine rings is 1. The largest absolute Gasteiger partial charge is 0.494 e. The molecule has 1 N–H and O–H groups in total. The Bertz CT molecular complexity index is 987. The molecule has 1 atom stereocenters. The summed E-state index contributed by atoms with van der Waals surface area (Å²) in [5.41, 5.74) is 1.63. The second kappa shape index (κ2) is 10.3.